The van der Waals surface area contributed by atoms with E-state index in [4.69, 9.17) is 0 Å². The van der Waals surface area contributed by atoms with Crippen LogP contribution in [-0.4, -0.2) is 29.0 Å². The van der Waals surface area contributed by atoms with Gasteiger partial charge < -0.3 is 4.90 Å². The number of rotatable bonds is 3. The molecule has 5 nitrogen and oxygen atoms in total. The highest BCUT2D eigenvalue weighted by Crippen LogP contribution is 2.29. The van der Waals surface area contributed by atoms with Crippen LogP contribution in [0.1, 0.15) is 5.56 Å². The van der Waals surface area contributed by atoms with Gasteiger partial charge in [0.1, 0.15) is 11.6 Å². The standard InChI is InChI=1S/C18H15N5/c1-23(2)18-15(12-19)16(13-6-4-3-5-7-13)21-17(22-18)14-8-10-20-11-9-14/h3-11H,1-2H3. The number of hydrogen-bond acceptors (Lipinski definition) is 5. The number of nitrogens with zero attached hydrogens (tertiary/aromatic N) is 5. The molecule has 3 aromatic rings. The summed E-state index contributed by atoms with van der Waals surface area (Å²) in [4.78, 5) is 15.1. The Kier molecular flexibility index (Phi) is 3.98. The van der Waals surface area contributed by atoms with Crippen LogP contribution >= 0.6 is 0 Å². The summed E-state index contributed by atoms with van der Waals surface area (Å²) in [5.41, 5.74) is 2.87. The molecular formula is C18H15N5. The second-order valence-electron chi connectivity index (χ2n) is 5.20. The zero-order chi connectivity index (χ0) is 16.2. The van der Waals surface area contributed by atoms with E-state index in [9.17, 15) is 5.26 Å². The number of benzene rings is 1. The Morgan fingerprint density at radius 1 is 0.913 bits per heavy atom. The predicted octanol–water partition coefficient (Wildman–Crippen LogP) is 3.14. The van der Waals surface area contributed by atoms with E-state index in [2.05, 4.69) is 21.0 Å². The van der Waals surface area contributed by atoms with Crippen LogP contribution in [-0.2, 0) is 0 Å². The topological polar surface area (TPSA) is 65.7 Å². The van der Waals surface area contributed by atoms with E-state index >= 15 is 0 Å². The van der Waals surface area contributed by atoms with Crippen LogP contribution < -0.4 is 4.90 Å². The molecule has 0 unspecified atom stereocenters. The molecule has 112 valence electrons. The number of anilines is 1. The van der Waals surface area contributed by atoms with Gasteiger partial charge in [-0.05, 0) is 12.1 Å². The molecule has 23 heavy (non-hydrogen) atoms. The van der Waals surface area contributed by atoms with Crippen molar-refractivity contribution in [2.24, 2.45) is 0 Å². The molecule has 0 saturated carbocycles. The van der Waals surface area contributed by atoms with Crippen LogP contribution in [0, 0.1) is 11.3 Å². The summed E-state index contributed by atoms with van der Waals surface area (Å²) < 4.78 is 0. The Balaban J connectivity index is 2.29. The van der Waals surface area contributed by atoms with E-state index in [1.54, 1.807) is 12.4 Å². The third kappa shape index (κ3) is 2.87. The van der Waals surface area contributed by atoms with Gasteiger partial charge in [-0.15, -0.1) is 0 Å². The minimum absolute atomic E-state index is 0.471. The van der Waals surface area contributed by atoms with Crippen LogP contribution in [0.5, 0.6) is 0 Å². The fourth-order valence-electron chi connectivity index (χ4n) is 2.31. The zero-order valence-electron chi connectivity index (χ0n) is 12.9. The summed E-state index contributed by atoms with van der Waals surface area (Å²) >= 11 is 0. The Labute approximate surface area is 134 Å². The first-order valence-electron chi connectivity index (χ1n) is 7.16. The third-order valence-electron chi connectivity index (χ3n) is 3.41. The molecule has 0 amide bonds. The van der Waals surface area contributed by atoms with E-state index in [1.807, 2.05) is 61.5 Å². The van der Waals surface area contributed by atoms with Gasteiger partial charge in [0, 0.05) is 37.6 Å². The third-order valence-corrected chi connectivity index (χ3v) is 3.41. The molecule has 0 aliphatic rings. The van der Waals surface area contributed by atoms with Crippen LogP contribution in [0.2, 0.25) is 0 Å². The number of hydrogen-bond donors (Lipinski definition) is 0. The Hall–Kier alpha value is -3.26. The molecule has 0 N–H and O–H groups in total. The molecule has 1 aromatic carbocycles. The minimum Gasteiger partial charge on any atom is -0.362 e. The summed E-state index contributed by atoms with van der Waals surface area (Å²) in [5, 5.41) is 9.60. The highest BCUT2D eigenvalue weighted by atomic mass is 15.2. The lowest BCUT2D eigenvalue weighted by Crippen LogP contribution is -2.14. The first kappa shape index (κ1) is 14.7. The number of aromatic nitrogens is 3. The highest BCUT2D eigenvalue weighted by Gasteiger charge is 2.17. The van der Waals surface area contributed by atoms with Gasteiger partial charge in [-0.3, -0.25) is 4.98 Å². The first-order valence-corrected chi connectivity index (χ1v) is 7.16. The first-order chi connectivity index (χ1) is 11.2. The molecule has 0 fully saturated rings. The van der Waals surface area contributed by atoms with Gasteiger partial charge in [-0.2, -0.15) is 5.26 Å². The van der Waals surface area contributed by atoms with Gasteiger partial charge in [0.05, 0.1) is 5.69 Å². The van der Waals surface area contributed by atoms with Crippen molar-refractivity contribution in [1.82, 2.24) is 15.0 Å². The maximum atomic E-state index is 9.60. The van der Waals surface area contributed by atoms with E-state index < -0.39 is 0 Å². The van der Waals surface area contributed by atoms with Crippen molar-refractivity contribution < 1.29 is 0 Å². The minimum atomic E-state index is 0.471. The molecule has 2 heterocycles. The molecule has 0 spiro atoms. The van der Waals surface area contributed by atoms with Crippen LogP contribution in [0.4, 0.5) is 5.82 Å². The maximum Gasteiger partial charge on any atom is 0.162 e. The quantitative estimate of drug-likeness (QED) is 0.743. The van der Waals surface area contributed by atoms with Crippen molar-refractivity contribution in [2.45, 2.75) is 0 Å². The Morgan fingerprint density at radius 3 is 2.22 bits per heavy atom. The number of pyridine rings is 1. The molecule has 0 saturated heterocycles. The van der Waals surface area contributed by atoms with E-state index in [1.165, 1.54) is 0 Å². The summed E-state index contributed by atoms with van der Waals surface area (Å²) in [7, 11) is 3.74. The lowest BCUT2D eigenvalue weighted by Gasteiger charge is -2.17. The molecule has 0 aliphatic carbocycles. The van der Waals surface area contributed by atoms with Crippen LogP contribution in [0.15, 0.2) is 54.9 Å². The monoisotopic (exact) mass is 301 g/mol. The average molecular weight is 301 g/mol. The van der Waals surface area contributed by atoms with E-state index in [-0.39, 0.29) is 0 Å². The highest BCUT2D eigenvalue weighted by molar-refractivity contribution is 5.75. The second kappa shape index (κ2) is 6.24. The smallest absolute Gasteiger partial charge is 0.162 e. The van der Waals surface area contributed by atoms with Crippen molar-refractivity contribution in [1.29, 1.82) is 5.26 Å². The van der Waals surface area contributed by atoms with Crippen molar-refractivity contribution in [3.63, 3.8) is 0 Å². The van der Waals surface area contributed by atoms with Crippen molar-refractivity contribution in [3.8, 4) is 28.7 Å². The number of nitriles is 1. The fourth-order valence-corrected chi connectivity index (χ4v) is 2.31. The summed E-state index contributed by atoms with van der Waals surface area (Å²) in [6, 6.07) is 15.6. The van der Waals surface area contributed by atoms with Crippen LogP contribution in [0.25, 0.3) is 22.6 Å². The van der Waals surface area contributed by atoms with Gasteiger partial charge in [-0.1, -0.05) is 30.3 Å². The molecule has 0 radical (unpaired) electrons. The Bertz CT molecular complexity index is 852. The van der Waals surface area contributed by atoms with E-state index in [0.717, 1.165) is 11.1 Å². The normalized spacial score (nSPS) is 10.1. The SMILES string of the molecule is CN(C)c1nc(-c2ccncc2)nc(-c2ccccc2)c1C#N. The largest absolute Gasteiger partial charge is 0.362 e. The molecule has 0 atom stereocenters. The van der Waals surface area contributed by atoms with Crippen molar-refractivity contribution >= 4 is 5.82 Å². The second-order valence-corrected chi connectivity index (χ2v) is 5.20. The zero-order valence-corrected chi connectivity index (χ0v) is 12.9. The van der Waals surface area contributed by atoms with Gasteiger partial charge in [-0.25, -0.2) is 9.97 Å². The lowest BCUT2D eigenvalue weighted by atomic mass is 10.1. The van der Waals surface area contributed by atoms with Crippen molar-refractivity contribution in [3.05, 3.63) is 60.4 Å². The van der Waals surface area contributed by atoms with Gasteiger partial charge >= 0.3 is 0 Å². The van der Waals surface area contributed by atoms with Gasteiger partial charge in [0.2, 0.25) is 0 Å². The van der Waals surface area contributed by atoms with Gasteiger partial charge in [0.15, 0.2) is 11.6 Å². The fraction of sp³-hybridized carbons (Fsp3) is 0.111. The summed E-state index contributed by atoms with van der Waals surface area (Å²) in [5.74, 6) is 1.18. The average Bonchev–Trinajstić information content (AvgIpc) is 2.62. The summed E-state index contributed by atoms with van der Waals surface area (Å²) in [6.45, 7) is 0. The molecule has 5 heteroatoms. The van der Waals surface area contributed by atoms with Gasteiger partial charge in [0.25, 0.3) is 0 Å². The van der Waals surface area contributed by atoms with Crippen LogP contribution in [0.3, 0.4) is 0 Å². The van der Waals surface area contributed by atoms with Crippen molar-refractivity contribution in [2.75, 3.05) is 19.0 Å². The predicted molar refractivity (Wildman–Crippen MR) is 89.7 cm³/mol. The molecule has 3 rings (SSSR count). The molecule has 2 aromatic heterocycles. The lowest BCUT2D eigenvalue weighted by molar-refractivity contribution is 1.03. The summed E-state index contributed by atoms with van der Waals surface area (Å²) in [6.07, 6.45) is 3.41. The maximum absolute atomic E-state index is 9.60. The molecule has 0 aliphatic heterocycles. The molecule has 0 bridgehead atoms. The Morgan fingerprint density at radius 2 is 1.61 bits per heavy atom. The molecular weight excluding hydrogens is 286 g/mol. The van der Waals surface area contributed by atoms with E-state index in [0.29, 0.717) is 22.9 Å².